The van der Waals surface area contributed by atoms with Crippen molar-refractivity contribution in [1.82, 2.24) is 0 Å². The number of allylic oxidation sites excluding steroid dienone is 4. The second-order valence-electron chi connectivity index (χ2n) is 10.7. The van der Waals surface area contributed by atoms with Crippen LogP contribution in [0.5, 0.6) is 0 Å². The first-order chi connectivity index (χ1) is 13.9. The molecule has 6 heteroatoms. The van der Waals surface area contributed by atoms with Gasteiger partial charge in [0, 0.05) is 24.2 Å². The fourth-order valence-corrected chi connectivity index (χ4v) is 7.68. The number of ether oxygens (including phenoxy) is 1. The Kier molecular flexibility index (Phi) is 5.17. The van der Waals surface area contributed by atoms with Gasteiger partial charge in [-0.15, -0.1) is 0 Å². The van der Waals surface area contributed by atoms with Crippen molar-refractivity contribution in [2.24, 2.45) is 40.4 Å². The molecule has 0 aliphatic heterocycles. The number of carbonyl (C=O) groups excluding carboxylic acids is 2. The molecule has 4 aliphatic rings. The Hall–Kier alpha value is -1.34. The molecule has 6 nitrogen and oxygen atoms in total. The number of hydrogen-bond acceptors (Lipinski definition) is 6. The second-order valence-corrected chi connectivity index (χ2v) is 10.7. The van der Waals surface area contributed by atoms with E-state index in [1.807, 2.05) is 6.08 Å². The van der Waals surface area contributed by atoms with Crippen molar-refractivity contribution in [1.29, 1.82) is 0 Å². The van der Waals surface area contributed by atoms with Crippen LogP contribution in [0.4, 0.5) is 0 Å². The average Bonchev–Trinajstić information content (AvgIpc) is 2.89. The van der Waals surface area contributed by atoms with Gasteiger partial charge in [0.05, 0.1) is 6.10 Å². The van der Waals surface area contributed by atoms with Crippen LogP contribution in [0.15, 0.2) is 23.8 Å². The smallest absolute Gasteiger partial charge is 0.275 e. The lowest BCUT2D eigenvalue weighted by atomic mass is 9.46. The highest BCUT2D eigenvalue weighted by molar-refractivity contribution is 6.01. The average molecular weight is 419 g/mol. The number of carbonyl (C=O) groups is 2. The Morgan fingerprint density at radius 2 is 2.03 bits per heavy atom. The minimum Gasteiger partial charge on any atom is -0.393 e. The molecule has 0 saturated heterocycles. The van der Waals surface area contributed by atoms with E-state index in [-0.39, 0.29) is 52.7 Å². The molecule has 3 N–H and O–H groups in total. The SMILES string of the molecule is CC1CC2C3CCC4=CC(=O)C=C[C@]4(C)[C@H]3[C@@H](O)C[C@]2(C)C1C(=O)COC(C)(O)O. The summed E-state index contributed by atoms with van der Waals surface area (Å²) < 4.78 is 4.96. The summed E-state index contributed by atoms with van der Waals surface area (Å²) in [6.45, 7) is 7.09. The largest absolute Gasteiger partial charge is 0.393 e. The summed E-state index contributed by atoms with van der Waals surface area (Å²) in [6, 6.07) is 0. The summed E-state index contributed by atoms with van der Waals surface area (Å²) in [5.41, 5.74) is 0.450. The van der Waals surface area contributed by atoms with E-state index >= 15 is 0 Å². The van der Waals surface area contributed by atoms with E-state index in [1.165, 1.54) is 0 Å². The first-order valence-electron chi connectivity index (χ1n) is 11.1. The first-order valence-corrected chi connectivity index (χ1v) is 11.1. The molecule has 4 rings (SSSR count). The summed E-state index contributed by atoms with van der Waals surface area (Å²) >= 11 is 0. The van der Waals surface area contributed by atoms with Crippen molar-refractivity contribution in [2.45, 2.75) is 65.5 Å². The van der Waals surface area contributed by atoms with Gasteiger partial charge in [-0.2, -0.15) is 0 Å². The van der Waals surface area contributed by atoms with Gasteiger partial charge in [-0.25, -0.2) is 0 Å². The van der Waals surface area contributed by atoms with Crippen molar-refractivity contribution >= 4 is 11.6 Å². The molecule has 0 aromatic rings. The van der Waals surface area contributed by atoms with Crippen molar-refractivity contribution < 1.29 is 29.6 Å². The molecule has 8 atom stereocenters. The fourth-order valence-electron chi connectivity index (χ4n) is 7.68. The third-order valence-corrected chi connectivity index (χ3v) is 8.67. The number of Topliss-reactive ketones (excluding diaryl/α,β-unsaturated/α-hetero) is 1. The minimum absolute atomic E-state index is 0.0241. The van der Waals surface area contributed by atoms with E-state index < -0.39 is 12.1 Å². The van der Waals surface area contributed by atoms with Gasteiger partial charge in [0.2, 0.25) is 0 Å². The summed E-state index contributed by atoms with van der Waals surface area (Å²) in [4.78, 5) is 25.0. The Morgan fingerprint density at radius 3 is 2.70 bits per heavy atom. The topological polar surface area (TPSA) is 104 Å². The van der Waals surface area contributed by atoms with Crippen LogP contribution in [-0.4, -0.2) is 45.6 Å². The van der Waals surface area contributed by atoms with Crippen molar-refractivity contribution in [2.75, 3.05) is 6.61 Å². The van der Waals surface area contributed by atoms with Gasteiger partial charge in [0.15, 0.2) is 11.6 Å². The lowest BCUT2D eigenvalue weighted by Gasteiger charge is -2.58. The molecule has 0 spiro atoms. The maximum atomic E-state index is 13.1. The Balaban J connectivity index is 1.63. The molecule has 0 aromatic carbocycles. The number of fused-ring (bicyclic) bond motifs is 5. The van der Waals surface area contributed by atoms with E-state index in [9.17, 15) is 24.9 Å². The molecule has 3 saturated carbocycles. The fraction of sp³-hybridized carbons (Fsp3) is 0.750. The molecule has 166 valence electrons. The standard InChI is InChI=1S/C24H34O6/c1-13-9-17-16-6-5-14-10-15(25)7-8-22(14,2)21(16)18(26)11-23(17,3)20(13)19(27)12-30-24(4,28)29/h7-8,10,13,16-18,20-21,26,28-29H,5-6,9,11-12H2,1-4H3/t13?,16?,17?,18-,20?,21+,22-,23-/m0/s1. The van der Waals surface area contributed by atoms with Crippen molar-refractivity contribution in [3.05, 3.63) is 23.8 Å². The summed E-state index contributed by atoms with van der Waals surface area (Å²) in [5.74, 6) is -1.97. The molecule has 4 unspecified atom stereocenters. The highest BCUT2D eigenvalue weighted by Gasteiger charge is 2.64. The molecule has 3 fully saturated rings. The molecule has 0 amide bonds. The highest BCUT2D eigenvalue weighted by Crippen LogP contribution is 2.67. The van der Waals surface area contributed by atoms with E-state index in [4.69, 9.17) is 4.74 Å². The van der Waals surface area contributed by atoms with Crippen LogP contribution in [-0.2, 0) is 14.3 Å². The second kappa shape index (κ2) is 7.09. The Morgan fingerprint density at radius 1 is 1.33 bits per heavy atom. The van der Waals surface area contributed by atoms with E-state index in [1.54, 1.807) is 12.2 Å². The molecule has 30 heavy (non-hydrogen) atoms. The Bertz CT molecular complexity index is 807. The van der Waals surface area contributed by atoms with Crippen LogP contribution < -0.4 is 0 Å². The van der Waals surface area contributed by atoms with Gasteiger partial charge in [0.1, 0.15) is 6.61 Å². The van der Waals surface area contributed by atoms with Crippen LogP contribution in [0.1, 0.15) is 53.4 Å². The van der Waals surface area contributed by atoms with Crippen molar-refractivity contribution in [3.63, 3.8) is 0 Å². The summed E-state index contributed by atoms with van der Waals surface area (Å²) in [6.07, 6.45) is 8.01. The molecule has 0 radical (unpaired) electrons. The predicted octanol–water partition coefficient (Wildman–Crippen LogP) is 2.37. The van der Waals surface area contributed by atoms with Crippen LogP contribution in [0.25, 0.3) is 0 Å². The lowest BCUT2D eigenvalue weighted by molar-refractivity contribution is -0.322. The molecule has 0 bridgehead atoms. The van der Waals surface area contributed by atoms with Crippen LogP contribution in [0.2, 0.25) is 0 Å². The zero-order valence-electron chi connectivity index (χ0n) is 18.3. The number of aliphatic hydroxyl groups is 3. The lowest BCUT2D eigenvalue weighted by Crippen LogP contribution is -2.56. The van der Waals surface area contributed by atoms with E-state index in [0.29, 0.717) is 12.3 Å². The van der Waals surface area contributed by atoms with Crippen LogP contribution >= 0.6 is 0 Å². The zero-order valence-corrected chi connectivity index (χ0v) is 18.3. The number of aliphatic hydroxyl groups excluding tert-OH is 1. The number of ketones is 2. The van der Waals surface area contributed by atoms with Gasteiger partial charge in [0.25, 0.3) is 5.97 Å². The van der Waals surface area contributed by atoms with Gasteiger partial charge in [-0.1, -0.05) is 32.4 Å². The summed E-state index contributed by atoms with van der Waals surface area (Å²) in [7, 11) is 0. The molecule has 4 aliphatic carbocycles. The molecule has 0 aromatic heterocycles. The number of hydrogen-bond donors (Lipinski definition) is 3. The van der Waals surface area contributed by atoms with Gasteiger partial charge < -0.3 is 20.1 Å². The Labute approximate surface area is 178 Å². The molecular weight excluding hydrogens is 384 g/mol. The van der Waals surface area contributed by atoms with E-state index in [0.717, 1.165) is 31.8 Å². The third-order valence-electron chi connectivity index (χ3n) is 8.67. The third kappa shape index (κ3) is 3.32. The zero-order chi connectivity index (χ0) is 22.1. The monoisotopic (exact) mass is 418 g/mol. The predicted molar refractivity (Wildman–Crippen MR) is 110 cm³/mol. The number of rotatable bonds is 4. The normalized spacial score (nSPS) is 45.4. The quantitative estimate of drug-likeness (QED) is 0.606. The van der Waals surface area contributed by atoms with Crippen molar-refractivity contribution in [3.8, 4) is 0 Å². The molecule has 0 heterocycles. The maximum Gasteiger partial charge on any atom is 0.275 e. The van der Waals surface area contributed by atoms with Crippen LogP contribution in [0.3, 0.4) is 0 Å². The first kappa shape index (κ1) is 21.9. The highest BCUT2D eigenvalue weighted by atomic mass is 16.8. The van der Waals surface area contributed by atoms with Gasteiger partial charge in [-0.3, -0.25) is 9.59 Å². The van der Waals surface area contributed by atoms with Crippen LogP contribution in [0, 0.1) is 40.4 Å². The maximum absolute atomic E-state index is 13.1. The summed E-state index contributed by atoms with van der Waals surface area (Å²) in [5, 5.41) is 30.2. The minimum atomic E-state index is -2.33. The van der Waals surface area contributed by atoms with E-state index in [2.05, 4.69) is 20.8 Å². The van der Waals surface area contributed by atoms with Gasteiger partial charge >= 0.3 is 0 Å². The van der Waals surface area contributed by atoms with Gasteiger partial charge in [-0.05, 0) is 61.0 Å². The molecular formula is C24H34O6.